The molecule has 0 aromatic heterocycles. The van der Waals surface area contributed by atoms with E-state index in [1.165, 1.54) is 89.8 Å². The number of hydrogen-bond donors (Lipinski definition) is 0. The Bertz CT molecular complexity index is 148. The highest BCUT2D eigenvalue weighted by atomic mass is 14.1. The number of hydrogen-bond acceptors (Lipinski definition) is 0. The molecule has 1 saturated carbocycles. The Morgan fingerprint density at radius 1 is 0.765 bits per heavy atom. The molecule has 1 heteroatoms. The summed E-state index contributed by atoms with van der Waals surface area (Å²) in [5.41, 5.74) is 0. The van der Waals surface area contributed by atoms with Crippen molar-refractivity contribution in [1.82, 2.24) is 0 Å². The molecule has 0 spiro atoms. The maximum atomic E-state index is 2.66. The van der Waals surface area contributed by atoms with Crippen molar-refractivity contribution in [3.8, 4) is 0 Å². The molecule has 0 atom stereocenters. The van der Waals surface area contributed by atoms with Gasteiger partial charge in [-0.3, -0.25) is 0 Å². The minimum atomic E-state index is 0.964. The predicted molar refractivity (Wildman–Crippen MR) is 80.0 cm³/mol. The third-order valence-electron chi connectivity index (χ3n) is 4.21. The molecule has 99 valence electrons. The van der Waals surface area contributed by atoms with Gasteiger partial charge >= 0.3 is 0 Å². The van der Waals surface area contributed by atoms with Crippen LogP contribution < -0.4 is 0 Å². The fourth-order valence-electron chi connectivity index (χ4n) is 3.00. The molecule has 0 aromatic carbocycles. The third kappa shape index (κ3) is 8.74. The predicted octanol–water partition coefficient (Wildman–Crippen LogP) is 6.00. The van der Waals surface area contributed by atoms with Crippen molar-refractivity contribution in [3.63, 3.8) is 0 Å². The van der Waals surface area contributed by atoms with E-state index < -0.39 is 0 Å². The van der Waals surface area contributed by atoms with Gasteiger partial charge in [0.05, 0.1) is 0 Å². The Morgan fingerprint density at radius 2 is 1.35 bits per heavy atom. The molecule has 0 saturated heterocycles. The first-order chi connectivity index (χ1) is 8.43. The van der Waals surface area contributed by atoms with E-state index in [4.69, 9.17) is 0 Å². The van der Waals surface area contributed by atoms with Crippen LogP contribution >= 0.6 is 0 Å². The van der Waals surface area contributed by atoms with Crippen LogP contribution in [0.2, 0.25) is 12.1 Å². The van der Waals surface area contributed by atoms with Gasteiger partial charge in [0.25, 0.3) is 0 Å². The zero-order valence-electron chi connectivity index (χ0n) is 12.1. The largest absolute Gasteiger partial charge is 0.113 e. The second kappa shape index (κ2) is 11.2. The lowest BCUT2D eigenvalue weighted by molar-refractivity contribution is 0.500. The molecule has 0 amide bonds. The summed E-state index contributed by atoms with van der Waals surface area (Å²) in [6, 6.07) is 0. The summed E-state index contributed by atoms with van der Waals surface area (Å²) in [5.74, 6) is 0.964. The highest BCUT2D eigenvalue weighted by molar-refractivity contribution is 6.37. The number of rotatable bonds is 8. The summed E-state index contributed by atoms with van der Waals surface area (Å²) in [7, 11) is 2.66. The van der Waals surface area contributed by atoms with Crippen LogP contribution in [0.15, 0.2) is 0 Å². The molecule has 0 bridgehead atoms. The van der Waals surface area contributed by atoms with Gasteiger partial charge in [-0.15, -0.1) is 0 Å². The second-order valence-corrected chi connectivity index (χ2v) is 5.90. The summed E-state index contributed by atoms with van der Waals surface area (Å²) in [6.45, 7) is 2.29. The topological polar surface area (TPSA) is 0 Å². The molecule has 1 radical (unpaired) electrons. The van der Waals surface area contributed by atoms with E-state index >= 15 is 0 Å². The van der Waals surface area contributed by atoms with Crippen LogP contribution in [0.4, 0.5) is 0 Å². The van der Waals surface area contributed by atoms with Crippen LogP contribution in [0.25, 0.3) is 0 Å². The summed E-state index contributed by atoms with van der Waals surface area (Å²) >= 11 is 0. The first-order valence-electron chi connectivity index (χ1n) is 8.27. The Balaban J connectivity index is 1.90. The third-order valence-corrected chi connectivity index (χ3v) is 4.21. The molecule has 0 unspecified atom stereocenters. The van der Waals surface area contributed by atoms with Gasteiger partial charge in [-0.1, -0.05) is 103 Å². The molecule has 0 aliphatic heterocycles. The van der Waals surface area contributed by atoms with Crippen LogP contribution in [0.5, 0.6) is 0 Å². The molecule has 1 fully saturated rings. The maximum absolute atomic E-state index is 2.66. The standard InChI is InChI=1S/C16H32B/c1-2-3-4-5-9-12-15-17-16-13-10-7-6-8-11-14-16/h16H,2-15H2,1H3. The van der Waals surface area contributed by atoms with Crippen LogP contribution in [0.1, 0.15) is 90.4 Å². The van der Waals surface area contributed by atoms with E-state index in [1.54, 1.807) is 0 Å². The molecular formula is C16H32B. The normalized spacial score (nSPS) is 18.6. The Hall–Kier alpha value is 0.0649. The van der Waals surface area contributed by atoms with Gasteiger partial charge < -0.3 is 0 Å². The minimum Gasteiger partial charge on any atom is -0.0800 e. The smallest absolute Gasteiger partial charge is 0.0800 e. The van der Waals surface area contributed by atoms with Crippen molar-refractivity contribution in [2.75, 3.05) is 0 Å². The van der Waals surface area contributed by atoms with Crippen molar-refractivity contribution in [3.05, 3.63) is 0 Å². The lowest BCUT2D eigenvalue weighted by Crippen LogP contribution is -2.06. The monoisotopic (exact) mass is 235 g/mol. The highest BCUT2D eigenvalue weighted by Crippen LogP contribution is 2.27. The van der Waals surface area contributed by atoms with E-state index in [1.807, 2.05) is 0 Å². The van der Waals surface area contributed by atoms with Gasteiger partial charge in [-0.25, -0.2) is 0 Å². The van der Waals surface area contributed by atoms with E-state index in [9.17, 15) is 0 Å². The fraction of sp³-hybridized carbons (Fsp3) is 1.00. The molecular weight excluding hydrogens is 203 g/mol. The molecule has 0 nitrogen and oxygen atoms in total. The van der Waals surface area contributed by atoms with Crippen molar-refractivity contribution < 1.29 is 0 Å². The van der Waals surface area contributed by atoms with Gasteiger partial charge in [0.15, 0.2) is 0 Å². The average molecular weight is 235 g/mol. The SMILES string of the molecule is CCCCCCCC[B]C1CCCCCCC1. The van der Waals surface area contributed by atoms with Crippen LogP contribution in [-0.4, -0.2) is 7.28 Å². The van der Waals surface area contributed by atoms with E-state index in [2.05, 4.69) is 14.2 Å². The quantitative estimate of drug-likeness (QED) is 0.357. The van der Waals surface area contributed by atoms with Gasteiger partial charge in [-0.2, -0.15) is 0 Å². The summed E-state index contributed by atoms with van der Waals surface area (Å²) in [6.07, 6.45) is 20.4. The van der Waals surface area contributed by atoms with Crippen LogP contribution in [0, 0.1) is 0 Å². The zero-order chi connectivity index (χ0) is 12.2. The zero-order valence-corrected chi connectivity index (χ0v) is 12.1. The first-order valence-corrected chi connectivity index (χ1v) is 8.27. The lowest BCUT2D eigenvalue weighted by Gasteiger charge is -2.18. The Labute approximate surface area is 110 Å². The van der Waals surface area contributed by atoms with Crippen LogP contribution in [-0.2, 0) is 0 Å². The van der Waals surface area contributed by atoms with Crippen molar-refractivity contribution >= 4 is 7.28 Å². The second-order valence-electron chi connectivity index (χ2n) is 5.90. The molecule has 0 aromatic rings. The molecule has 17 heavy (non-hydrogen) atoms. The van der Waals surface area contributed by atoms with Crippen molar-refractivity contribution in [2.45, 2.75) is 103 Å². The Morgan fingerprint density at radius 3 is 2.06 bits per heavy atom. The molecule has 0 N–H and O–H groups in total. The molecule has 1 aliphatic rings. The lowest BCUT2D eigenvalue weighted by atomic mass is 9.57. The van der Waals surface area contributed by atoms with E-state index in [0.717, 1.165) is 5.82 Å². The first kappa shape index (κ1) is 15.1. The molecule has 1 aliphatic carbocycles. The van der Waals surface area contributed by atoms with Crippen LogP contribution in [0.3, 0.4) is 0 Å². The fourth-order valence-corrected chi connectivity index (χ4v) is 3.00. The van der Waals surface area contributed by atoms with E-state index in [-0.39, 0.29) is 0 Å². The van der Waals surface area contributed by atoms with Gasteiger partial charge in [-0.05, 0) is 0 Å². The summed E-state index contributed by atoms with van der Waals surface area (Å²) < 4.78 is 0. The number of unbranched alkanes of at least 4 members (excludes halogenated alkanes) is 5. The minimum absolute atomic E-state index is 0.964. The Kier molecular flexibility index (Phi) is 9.94. The highest BCUT2D eigenvalue weighted by Gasteiger charge is 2.11. The van der Waals surface area contributed by atoms with Crippen molar-refractivity contribution in [1.29, 1.82) is 0 Å². The molecule has 0 heterocycles. The van der Waals surface area contributed by atoms with Gasteiger partial charge in [0.2, 0.25) is 0 Å². The average Bonchev–Trinajstić information content (AvgIpc) is 2.30. The van der Waals surface area contributed by atoms with Gasteiger partial charge in [0, 0.05) is 0 Å². The van der Waals surface area contributed by atoms with Gasteiger partial charge in [0.1, 0.15) is 7.28 Å². The summed E-state index contributed by atoms with van der Waals surface area (Å²) in [5, 5.41) is 0. The van der Waals surface area contributed by atoms with E-state index in [0.29, 0.717) is 0 Å². The van der Waals surface area contributed by atoms with Crippen molar-refractivity contribution in [2.24, 2.45) is 0 Å². The molecule has 1 rings (SSSR count). The summed E-state index contributed by atoms with van der Waals surface area (Å²) in [4.78, 5) is 0. The maximum Gasteiger partial charge on any atom is 0.113 e.